The van der Waals surface area contributed by atoms with E-state index in [1.165, 1.54) is 5.56 Å². The average Bonchev–Trinajstić information content (AvgIpc) is 3.33. The maximum absolute atomic E-state index is 12.7. The molecule has 2 aliphatic heterocycles. The van der Waals surface area contributed by atoms with Crippen molar-refractivity contribution in [3.05, 3.63) is 35.7 Å². The number of carbonyl (C=O) groups is 1. The molecule has 32 heavy (non-hydrogen) atoms. The van der Waals surface area contributed by atoms with E-state index in [9.17, 15) is 4.79 Å². The molecule has 9 nitrogen and oxygen atoms in total. The zero-order chi connectivity index (χ0) is 22.0. The first kappa shape index (κ1) is 24.1. The Hall–Kier alpha value is -2.50. The highest BCUT2D eigenvalue weighted by Gasteiger charge is 2.28. The number of hydrogen-bond acceptors (Lipinski definition) is 5. The van der Waals surface area contributed by atoms with Gasteiger partial charge in [-0.25, -0.2) is 0 Å². The molecular formula is C22H31IN6O3. The predicted octanol–water partition coefficient (Wildman–Crippen LogP) is 2.18. The number of nitrogens with one attached hydrogen (secondary N) is 1. The van der Waals surface area contributed by atoms with Crippen LogP contribution in [0.5, 0.6) is 11.5 Å². The topological polar surface area (TPSA) is 84.2 Å². The van der Waals surface area contributed by atoms with Crippen molar-refractivity contribution in [2.24, 2.45) is 12.0 Å². The number of benzene rings is 1. The summed E-state index contributed by atoms with van der Waals surface area (Å²) >= 11 is 0. The fourth-order valence-corrected chi connectivity index (χ4v) is 4.09. The number of anilines is 1. The van der Waals surface area contributed by atoms with Gasteiger partial charge >= 0.3 is 0 Å². The Balaban J connectivity index is 0.00000289. The van der Waals surface area contributed by atoms with Gasteiger partial charge in [0.15, 0.2) is 5.96 Å². The lowest BCUT2D eigenvalue weighted by Gasteiger charge is -2.35. The van der Waals surface area contributed by atoms with E-state index in [1.54, 1.807) is 22.8 Å². The number of amides is 1. The van der Waals surface area contributed by atoms with Crippen molar-refractivity contribution in [3.63, 3.8) is 0 Å². The van der Waals surface area contributed by atoms with Crippen LogP contribution < -0.4 is 19.7 Å². The molecule has 1 unspecified atom stereocenters. The van der Waals surface area contributed by atoms with Crippen LogP contribution in [-0.2, 0) is 24.8 Å². The number of aromatic nitrogens is 2. The first-order chi connectivity index (χ1) is 15.0. The first-order valence-corrected chi connectivity index (χ1v) is 10.7. The standard InChI is InChI=1S/C22H30N6O3.HI/c1-5-30-19-9-16-8-15(2)31-20(16)10-17(19)11-24-22(23-3)27-6-7-28(21(29)14-27)18-12-25-26(4)13-18;/h9-10,12-13,15H,5-8,11,14H2,1-4H3,(H,23,24);1H. The molecule has 1 saturated heterocycles. The molecule has 2 aromatic rings. The van der Waals surface area contributed by atoms with Gasteiger partial charge in [0, 0.05) is 57.5 Å². The molecule has 1 atom stereocenters. The number of aryl methyl sites for hydroxylation is 1. The molecule has 0 saturated carbocycles. The summed E-state index contributed by atoms with van der Waals surface area (Å²) in [6.07, 6.45) is 4.65. The SMILES string of the molecule is CCOc1cc2c(cc1CNC(=NC)N1CCN(c3cnn(C)c3)C(=O)C1)OC(C)C2.I. The van der Waals surface area contributed by atoms with Crippen LogP contribution in [0.4, 0.5) is 5.69 Å². The zero-order valence-corrected chi connectivity index (χ0v) is 21.3. The summed E-state index contributed by atoms with van der Waals surface area (Å²) in [6, 6.07) is 4.13. The Morgan fingerprint density at radius 3 is 2.84 bits per heavy atom. The van der Waals surface area contributed by atoms with Crippen molar-refractivity contribution >= 4 is 41.5 Å². The second kappa shape index (κ2) is 10.4. The Labute approximate surface area is 205 Å². The minimum absolute atomic E-state index is 0. The van der Waals surface area contributed by atoms with Crippen molar-refractivity contribution < 1.29 is 14.3 Å². The Morgan fingerprint density at radius 1 is 1.38 bits per heavy atom. The van der Waals surface area contributed by atoms with Crippen molar-refractivity contribution in [2.75, 3.05) is 38.2 Å². The number of piperazine rings is 1. The van der Waals surface area contributed by atoms with Gasteiger partial charge in [-0.1, -0.05) is 0 Å². The monoisotopic (exact) mass is 554 g/mol. The molecule has 3 heterocycles. The third kappa shape index (κ3) is 5.11. The van der Waals surface area contributed by atoms with Crippen molar-refractivity contribution in [2.45, 2.75) is 32.9 Å². The molecule has 1 aromatic carbocycles. The number of ether oxygens (including phenoxy) is 2. The van der Waals surface area contributed by atoms with Crippen molar-refractivity contribution in [1.82, 2.24) is 20.0 Å². The number of rotatable bonds is 5. The second-order valence-corrected chi connectivity index (χ2v) is 7.87. The third-order valence-corrected chi connectivity index (χ3v) is 5.55. The maximum atomic E-state index is 12.7. The number of guanidine groups is 1. The molecule has 0 bridgehead atoms. The summed E-state index contributed by atoms with van der Waals surface area (Å²) in [5.41, 5.74) is 3.01. The van der Waals surface area contributed by atoms with E-state index >= 15 is 0 Å². The molecule has 1 aromatic heterocycles. The normalized spacial score (nSPS) is 18.2. The van der Waals surface area contributed by atoms with E-state index in [2.05, 4.69) is 34.5 Å². The summed E-state index contributed by atoms with van der Waals surface area (Å²) in [7, 11) is 3.58. The molecule has 1 amide bonds. The molecule has 0 radical (unpaired) electrons. The zero-order valence-electron chi connectivity index (χ0n) is 19.0. The highest BCUT2D eigenvalue weighted by molar-refractivity contribution is 14.0. The number of nitrogens with zero attached hydrogens (tertiary/aromatic N) is 5. The van der Waals surface area contributed by atoms with E-state index in [4.69, 9.17) is 9.47 Å². The van der Waals surface area contributed by atoms with Crippen LogP contribution >= 0.6 is 24.0 Å². The van der Waals surface area contributed by atoms with Crippen LogP contribution in [-0.4, -0.2) is 65.9 Å². The van der Waals surface area contributed by atoms with Gasteiger partial charge < -0.3 is 24.6 Å². The summed E-state index contributed by atoms with van der Waals surface area (Å²) in [5, 5.41) is 7.55. The smallest absolute Gasteiger partial charge is 0.246 e. The largest absolute Gasteiger partial charge is 0.494 e. The van der Waals surface area contributed by atoms with Crippen molar-refractivity contribution in [1.29, 1.82) is 0 Å². The molecule has 174 valence electrons. The van der Waals surface area contributed by atoms with Gasteiger partial charge in [-0.05, 0) is 26.0 Å². The van der Waals surface area contributed by atoms with E-state index in [0.717, 1.165) is 29.2 Å². The van der Waals surface area contributed by atoms with Gasteiger partial charge in [-0.3, -0.25) is 14.5 Å². The van der Waals surface area contributed by atoms with Crippen LogP contribution in [0.15, 0.2) is 29.5 Å². The van der Waals surface area contributed by atoms with Crippen LogP contribution in [0.25, 0.3) is 0 Å². The quantitative estimate of drug-likeness (QED) is 0.347. The van der Waals surface area contributed by atoms with Crippen molar-refractivity contribution in [3.8, 4) is 11.5 Å². The van der Waals surface area contributed by atoms with Gasteiger partial charge in [-0.15, -0.1) is 24.0 Å². The Kier molecular flexibility index (Phi) is 7.86. The summed E-state index contributed by atoms with van der Waals surface area (Å²) < 4.78 is 13.5. The average molecular weight is 554 g/mol. The lowest BCUT2D eigenvalue weighted by Crippen LogP contribution is -2.55. The van der Waals surface area contributed by atoms with E-state index in [1.807, 2.05) is 25.1 Å². The molecule has 0 spiro atoms. The minimum Gasteiger partial charge on any atom is -0.494 e. The lowest BCUT2D eigenvalue weighted by molar-refractivity contribution is -0.120. The number of fused-ring (bicyclic) bond motifs is 1. The predicted molar refractivity (Wildman–Crippen MR) is 134 cm³/mol. The lowest BCUT2D eigenvalue weighted by atomic mass is 10.1. The Morgan fingerprint density at radius 2 is 2.19 bits per heavy atom. The first-order valence-electron chi connectivity index (χ1n) is 10.7. The molecule has 1 N–H and O–H groups in total. The minimum atomic E-state index is 0. The summed E-state index contributed by atoms with van der Waals surface area (Å²) in [4.78, 5) is 20.9. The molecule has 0 aliphatic carbocycles. The third-order valence-electron chi connectivity index (χ3n) is 5.55. The van der Waals surface area contributed by atoms with Crippen LogP contribution in [0.3, 0.4) is 0 Å². The molecule has 10 heteroatoms. The van der Waals surface area contributed by atoms with Crippen LogP contribution in [0, 0.1) is 0 Å². The van der Waals surface area contributed by atoms with E-state index in [-0.39, 0.29) is 42.5 Å². The maximum Gasteiger partial charge on any atom is 0.246 e. The molecule has 4 rings (SSSR count). The Bertz CT molecular complexity index is 992. The second-order valence-electron chi connectivity index (χ2n) is 7.87. The van der Waals surface area contributed by atoms with Gasteiger partial charge in [0.1, 0.15) is 24.1 Å². The van der Waals surface area contributed by atoms with Crippen LogP contribution in [0.1, 0.15) is 25.0 Å². The fraction of sp³-hybridized carbons (Fsp3) is 0.500. The van der Waals surface area contributed by atoms with Gasteiger partial charge in [0.05, 0.1) is 18.5 Å². The van der Waals surface area contributed by atoms with E-state index in [0.29, 0.717) is 32.2 Å². The molecule has 1 fully saturated rings. The van der Waals surface area contributed by atoms with Crippen LogP contribution in [0.2, 0.25) is 0 Å². The number of halogens is 1. The van der Waals surface area contributed by atoms with Gasteiger partial charge in [0.2, 0.25) is 5.91 Å². The number of hydrogen-bond donors (Lipinski definition) is 1. The number of aliphatic imine (C=N–C) groups is 1. The van der Waals surface area contributed by atoms with Gasteiger partial charge in [-0.2, -0.15) is 5.10 Å². The highest BCUT2D eigenvalue weighted by Crippen LogP contribution is 2.35. The van der Waals surface area contributed by atoms with Gasteiger partial charge in [0.25, 0.3) is 0 Å². The molecular weight excluding hydrogens is 523 g/mol. The fourth-order valence-electron chi connectivity index (χ4n) is 4.09. The molecule has 2 aliphatic rings. The summed E-state index contributed by atoms with van der Waals surface area (Å²) in [6.45, 7) is 6.71. The number of carbonyl (C=O) groups excluding carboxylic acids is 1. The van der Waals surface area contributed by atoms with E-state index < -0.39 is 0 Å². The summed E-state index contributed by atoms with van der Waals surface area (Å²) in [5.74, 6) is 2.50. The highest BCUT2D eigenvalue weighted by atomic mass is 127.